The van der Waals surface area contributed by atoms with Crippen molar-refractivity contribution < 1.29 is 23.4 Å². The highest BCUT2D eigenvalue weighted by Crippen LogP contribution is 2.31. The van der Waals surface area contributed by atoms with E-state index in [0.29, 0.717) is 33.0 Å². The first-order valence-corrected chi connectivity index (χ1v) is 11.9. The van der Waals surface area contributed by atoms with Crippen LogP contribution in [0, 0.1) is 5.82 Å². The minimum Gasteiger partial charge on any atom is -0.494 e. The van der Waals surface area contributed by atoms with Crippen LogP contribution in [0.2, 0.25) is 0 Å². The molecule has 1 atom stereocenters. The molecule has 0 amide bonds. The van der Waals surface area contributed by atoms with Crippen LogP contribution in [0.3, 0.4) is 0 Å². The van der Waals surface area contributed by atoms with E-state index < -0.39 is 12.0 Å². The SMILES string of the molecule is CCOc1ccc(C2C(C(=O)OCCOC)=C(C)N=c3s/c(=C/c4ccc(F)cc4)c(=O)n32)cc1. The number of esters is 1. The van der Waals surface area contributed by atoms with Gasteiger partial charge in [-0.15, -0.1) is 0 Å². The number of hydrogen-bond donors (Lipinski definition) is 0. The topological polar surface area (TPSA) is 79.1 Å². The Morgan fingerprint density at radius 1 is 1.14 bits per heavy atom. The summed E-state index contributed by atoms with van der Waals surface area (Å²) in [5.74, 6) is -0.230. The lowest BCUT2D eigenvalue weighted by atomic mass is 9.96. The number of allylic oxidation sites excluding steroid dienone is 1. The Kier molecular flexibility index (Phi) is 7.57. The van der Waals surface area contributed by atoms with Crippen molar-refractivity contribution >= 4 is 23.4 Å². The lowest BCUT2D eigenvalue weighted by Crippen LogP contribution is -2.40. The molecule has 1 unspecified atom stereocenters. The zero-order valence-electron chi connectivity index (χ0n) is 19.6. The number of hydrogen-bond acceptors (Lipinski definition) is 7. The number of nitrogens with zero attached hydrogens (tertiary/aromatic N) is 2. The van der Waals surface area contributed by atoms with Gasteiger partial charge in [0.05, 0.1) is 35.1 Å². The van der Waals surface area contributed by atoms with Crippen molar-refractivity contribution in [3.63, 3.8) is 0 Å². The molecule has 2 heterocycles. The van der Waals surface area contributed by atoms with Gasteiger partial charge in [0.2, 0.25) is 0 Å². The number of fused-ring (bicyclic) bond motifs is 1. The van der Waals surface area contributed by atoms with Crippen LogP contribution in [0.5, 0.6) is 5.75 Å². The van der Waals surface area contributed by atoms with E-state index in [1.54, 1.807) is 37.3 Å². The molecular weight excluding hydrogens is 471 g/mol. The van der Waals surface area contributed by atoms with Gasteiger partial charge in [-0.25, -0.2) is 14.2 Å². The highest BCUT2D eigenvalue weighted by molar-refractivity contribution is 7.07. The summed E-state index contributed by atoms with van der Waals surface area (Å²) in [6, 6.07) is 12.4. The van der Waals surface area contributed by atoms with Crippen LogP contribution in [0.4, 0.5) is 4.39 Å². The van der Waals surface area contributed by atoms with E-state index in [1.165, 1.54) is 35.1 Å². The Bertz CT molecular complexity index is 1420. The summed E-state index contributed by atoms with van der Waals surface area (Å²) in [5.41, 5.74) is 1.86. The quantitative estimate of drug-likeness (QED) is 0.354. The van der Waals surface area contributed by atoms with Crippen LogP contribution in [-0.2, 0) is 14.3 Å². The monoisotopic (exact) mass is 496 g/mol. The van der Waals surface area contributed by atoms with Crippen molar-refractivity contribution in [1.82, 2.24) is 4.57 Å². The van der Waals surface area contributed by atoms with E-state index in [0.717, 1.165) is 5.56 Å². The van der Waals surface area contributed by atoms with Gasteiger partial charge in [0.25, 0.3) is 5.56 Å². The lowest BCUT2D eigenvalue weighted by molar-refractivity contribution is -0.140. The summed E-state index contributed by atoms with van der Waals surface area (Å²) < 4.78 is 31.2. The molecule has 0 bridgehead atoms. The van der Waals surface area contributed by atoms with Crippen molar-refractivity contribution in [1.29, 1.82) is 0 Å². The highest BCUT2D eigenvalue weighted by Gasteiger charge is 2.33. The number of thiazole rings is 1. The Labute approximate surface area is 205 Å². The zero-order valence-corrected chi connectivity index (χ0v) is 20.4. The van der Waals surface area contributed by atoms with Crippen molar-refractivity contribution in [3.8, 4) is 5.75 Å². The molecule has 7 nitrogen and oxygen atoms in total. The highest BCUT2D eigenvalue weighted by atomic mass is 32.1. The van der Waals surface area contributed by atoms with E-state index >= 15 is 0 Å². The van der Waals surface area contributed by atoms with Gasteiger partial charge in [-0.2, -0.15) is 0 Å². The average Bonchev–Trinajstić information content (AvgIpc) is 3.15. The van der Waals surface area contributed by atoms with Gasteiger partial charge in [0.15, 0.2) is 4.80 Å². The largest absolute Gasteiger partial charge is 0.494 e. The molecule has 3 aromatic rings. The lowest BCUT2D eigenvalue weighted by Gasteiger charge is -2.25. The molecule has 2 aromatic carbocycles. The Hall–Kier alpha value is -3.56. The van der Waals surface area contributed by atoms with Crippen molar-refractivity contribution in [2.45, 2.75) is 19.9 Å². The second-order valence-corrected chi connectivity index (χ2v) is 8.77. The van der Waals surface area contributed by atoms with Gasteiger partial charge in [0, 0.05) is 7.11 Å². The first-order chi connectivity index (χ1) is 16.9. The van der Waals surface area contributed by atoms with Gasteiger partial charge in [-0.1, -0.05) is 35.6 Å². The molecular formula is C26H25FN2O5S. The number of aromatic nitrogens is 1. The zero-order chi connectivity index (χ0) is 24.9. The van der Waals surface area contributed by atoms with E-state index in [-0.39, 0.29) is 30.2 Å². The van der Waals surface area contributed by atoms with Crippen LogP contribution < -0.4 is 19.6 Å². The summed E-state index contributed by atoms with van der Waals surface area (Å²) in [4.78, 5) is 31.7. The molecule has 35 heavy (non-hydrogen) atoms. The third-order valence-corrected chi connectivity index (χ3v) is 6.42. The maximum Gasteiger partial charge on any atom is 0.338 e. The molecule has 1 aromatic heterocycles. The summed E-state index contributed by atoms with van der Waals surface area (Å²) >= 11 is 1.21. The molecule has 0 saturated carbocycles. The molecule has 0 fully saturated rings. The van der Waals surface area contributed by atoms with Crippen molar-refractivity contribution in [3.05, 3.63) is 96.4 Å². The molecule has 0 N–H and O–H groups in total. The number of halogens is 1. The number of methoxy groups -OCH3 is 1. The predicted octanol–water partition coefficient (Wildman–Crippen LogP) is 2.96. The number of carbonyl (C=O) groups is 1. The molecule has 1 aliphatic rings. The van der Waals surface area contributed by atoms with Crippen LogP contribution in [0.15, 0.2) is 69.6 Å². The van der Waals surface area contributed by atoms with Gasteiger partial charge in [-0.05, 0) is 55.3 Å². The minimum absolute atomic E-state index is 0.0805. The normalized spacial score (nSPS) is 15.5. The first-order valence-electron chi connectivity index (χ1n) is 11.1. The summed E-state index contributed by atoms with van der Waals surface area (Å²) in [7, 11) is 1.52. The predicted molar refractivity (Wildman–Crippen MR) is 131 cm³/mol. The fourth-order valence-corrected chi connectivity index (χ4v) is 4.86. The average molecular weight is 497 g/mol. The third kappa shape index (κ3) is 5.26. The molecule has 0 saturated heterocycles. The molecule has 0 radical (unpaired) electrons. The number of carbonyl (C=O) groups excluding carboxylic acids is 1. The van der Waals surface area contributed by atoms with E-state index in [4.69, 9.17) is 14.2 Å². The number of ether oxygens (including phenoxy) is 3. The first kappa shape index (κ1) is 24.6. The summed E-state index contributed by atoms with van der Waals surface area (Å²) in [6.45, 7) is 4.48. The molecule has 1 aliphatic heterocycles. The number of rotatable bonds is 8. The molecule has 0 aliphatic carbocycles. The Morgan fingerprint density at radius 2 is 1.86 bits per heavy atom. The second-order valence-electron chi connectivity index (χ2n) is 7.76. The van der Waals surface area contributed by atoms with Crippen LogP contribution in [-0.4, -0.2) is 37.5 Å². The van der Waals surface area contributed by atoms with E-state index in [1.807, 2.05) is 19.1 Å². The summed E-state index contributed by atoms with van der Waals surface area (Å²) in [6.07, 6.45) is 1.69. The van der Waals surface area contributed by atoms with Crippen LogP contribution in [0.1, 0.15) is 31.0 Å². The van der Waals surface area contributed by atoms with Gasteiger partial charge >= 0.3 is 5.97 Å². The standard InChI is InChI=1S/C26H25FN2O5S/c1-4-33-20-11-7-18(8-12-20)23-22(25(31)34-14-13-32-3)16(2)28-26-29(23)24(30)21(35-26)15-17-5-9-19(27)10-6-17/h5-12,15,23H,4,13-14H2,1-3H3/b21-15+. The van der Waals surface area contributed by atoms with Gasteiger partial charge in [0.1, 0.15) is 18.2 Å². The van der Waals surface area contributed by atoms with Crippen molar-refractivity contribution in [2.75, 3.05) is 26.9 Å². The molecule has 0 spiro atoms. The molecule has 182 valence electrons. The van der Waals surface area contributed by atoms with Crippen LogP contribution in [0.25, 0.3) is 6.08 Å². The van der Waals surface area contributed by atoms with Gasteiger partial charge in [-0.3, -0.25) is 9.36 Å². The third-order valence-electron chi connectivity index (χ3n) is 5.44. The maximum absolute atomic E-state index is 13.6. The Balaban J connectivity index is 1.85. The molecule has 9 heteroatoms. The van der Waals surface area contributed by atoms with Crippen molar-refractivity contribution in [2.24, 2.45) is 4.99 Å². The van der Waals surface area contributed by atoms with E-state index in [9.17, 15) is 14.0 Å². The number of benzene rings is 2. The molecule has 4 rings (SSSR count). The minimum atomic E-state index is -0.729. The smallest absolute Gasteiger partial charge is 0.338 e. The fourth-order valence-electron chi connectivity index (χ4n) is 3.82. The van der Waals surface area contributed by atoms with Gasteiger partial charge < -0.3 is 14.2 Å². The Morgan fingerprint density at radius 3 is 2.51 bits per heavy atom. The van der Waals surface area contributed by atoms with Crippen LogP contribution >= 0.6 is 11.3 Å². The summed E-state index contributed by atoms with van der Waals surface area (Å²) in [5, 5.41) is 0. The fraction of sp³-hybridized carbons (Fsp3) is 0.269. The second kappa shape index (κ2) is 10.8. The maximum atomic E-state index is 13.6. The van der Waals surface area contributed by atoms with E-state index in [2.05, 4.69) is 4.99 Å².